The highest BCUT2D eigenvalue weighted by Crippen LogP contribution is 2.31. The molecule has 23 heavy (non-hydrogen) atoms. The van der Waals surface area contributed by atoms with Crippen molar-refractivity contribution in [3.8, 4) is 10.6 Å². The number of anilines is 1. The van der Waals surface area contributed by atoms with Crippen LogP contribution in [0.1, 0.15) is 16.2 Å². The van der Waals surface area contributed by atoms with Crippen molar-refractivity contribution in [2.45, 2.75) is 6.92 Å². The number of aromatic nitrogens is 3. The first-order valence-electron chi connectivity index (χ1n) is 6.57. The molecule has 0 saturated heterocycles. The number of thiazole rings is 1. The molecule has 5 nitrogen and oxygen atoms in total. The standard InChI is InChI=1S/C15H10Cl2N4OS/c1-8-13(10-4-2-3-7-18-10)23-15(19-8)21-14(22)12-9(16)5-6-11(17)20-12/h2-7H,1H3,(H,19,21,22). The molecule has 3 aromatic heterocycles. The SMILES string of the molecule is Cc1nc(NC(=O)c2nc(Cl)ccc2Cl)sc1-c1ccccn1. The Morgan fingerprint density at radius 2 is 2.00 bits per heavy atom. The summed E-state index contributed by atoms with van der Waals surface area (Å²) in [5.74, 6) is -0.459. The van der Waals surface area contributed by atoms with Crippen molar-refractivity contribution in [2.24, 2.45) is 0 Å². The van der Waals surface area contributed by atoms with Crippen LogP contribution in [0.15, 0.2) is 36.5 Å². The van der Waals surface area contributed by atoms with E-state index in [9.17, 15) is 4.79 Å². The highest BCUT2D eigenvalue weighted by atomic mass is 35.5. The van der Waals surface area contributed by atoms with E-state index in [1.165, 1.54) is 23.5 Å². The number of hydrogen-bond donors (Lipinski definition) is 1. The van der Waals surface area contributed by atoms with E-state index in [1.54, 1.807) is 6.20 Å². The number of pyridine rings is 2. The van der Waals surface area contributed by atoms with Crippen molar-refractivity contribution >= 4 is 45.6 Å². The van der Waals surface area contributed by atoms with Crippen LogP contribution >= 0.6 is 34.5 Å². The molecule has 0 aliphatic heterocycles. The molecule has 116 valence electrons. The Morgan fingerprint density at radius 3 is 2.74 bits per heavy atom. The minimum absolute atomic E-state index is 0.0615. The molecule has 0 aliphatic carbocycles. The zero-order valence-electron chi connectivity index (χ0n) is 11.9. The molecule has 3 heterocycles. The second-order valence-corrected chi connectivity index (χ2v) is 6.36. The van der Waals surface area contributed by atoms with Crippen molar-refractivity contribution in [3.05, 3.63) is 58.1 Å². The van der Waals surface area contributed by atoms with Gasteiger partial charge in [-0.05, 0) is 31.2 Å². The fraction of sp³-hybridized carbons (Fsp3) is 0.0667. The van der Waals surface area contributed by atoms with Crippen LogP contribution in [0.4, 0.5) is 5.13 Å². The predicted octanol–water partition coefficient (Wildman–Crippen LogP) is 4.47. The number of carbonyl (C=O) groups is 1. The van der Waals surface area contributed by atoms with Crippen molar-refractivity contribution in [2.75, 3.05) is 5.32 Å². The lowest BCUT2D eigenvalue weighted by Gasteiger charge is -2.03. The number of halogens is 2. The van der Waals surface area contributed by atoms with Crippen LogP contribution in [0, 0.1) is 6.92 Å². The van der Waals surface area contributed by atoms with E-state index in [4.69, 9.17) is 23.2 Å². The molecule has 0 spiro atoms. The van der Waals surface area contributed by atoms with Crippen molar-refractivity contribution < 1.29 is 4.79 Å². The maximum atomic E-state index is 12.3. The summed E-state index contributed by atoms with van der Waals surface area (Å²) in [6.07, 6.45) is 1.71. The number of carbonyl (C=O) groups excluding carboxylic acids is 1. The lowest BCUT2D eigenvalue weighted by atomic mass is 10.3. The molecule has 3 aromatic rings. The Hall–Kier alpha value is -2.02. The van der Waals surface area contributed by atoms with Crippen molar-refractivity contribution in [1.29, 1.82) is 0 Å². The quantitative estimate of drug-likeness (QED) is 0.696. The lowest BCUT2D eigenvalue weighted by Crippen LogP contribution is -2.14. The summed E-state index contributed by atoms with van der Waals surface area (Å²) < 4.78 is 0. The van der Waals surface area contributed by atoms with Gasteiger partial charge in [0.2, 0.25) is 0 Å². The first kappa shape index (κ1) is 15.9. The molecule has 0 unspecified atom stereocenters. The van der Waals surface area contributed by atoms with Gasteiger partial charge >= 0.3 is 0 Å². The molecule has 0 atom stereocenters. The minimum Gasteiger partial charge on any atom is -0.296 e. The fourth-order valence-corrected chi connectivity index (χ4v) is 3.20. The molecular weight excluding hydrogens is 355 g/mol. The molecule has 0 aliphatic rings. The topological polar surface area (TPSA) is 67.8 Å². The van der Waals surface area contributed by atoms with Crippen molar-refractivity contribution in [3.63, 3.8) is 0 Å². The Bertz CT molecular complexity index is 867. The van der Waals surface area contributed by atoms with Gasteiger partial charge in [-0.3, -0.25) is 15.1 Å². The number of aryl methyl sites for hydroxylation is 1. The van der Waals surface area contributed by atoms with Gasteiger partial charge in [0.15, 0.2) is 5.13 Å². The molecular formula is C15H10Cl2N4OS. The average molecular weight is 365 g/mol. The summed E-state index contributed by atoms with van der Waals surface area (Å²) in [5, 5.41) is 3.57. The fourth-order valence-electron chi connectivity index (χ4n) is 1.92. The zero-order chi connectivity index (χ0) is 16.4. The minimum atomic E-state index is -0.459. The monoisotopic (exact) mass is 364 g/mol. The van der Waals surface area contributed by atoms with Crippen LogP contribution in [0.2, 0.25) is 10.2 Å². The van der Waals surface area contributed by atoms with E-state index in [-0.39, 0.29) is 15.9 Å². The third-order valence-corrected chi connectivity index (χ3v) is 4.55. The number of nitrogens with one attached hydrogen (secondary N) is 1. The highest BCUT2D eigenvalue weighted by molar-refractivity contribution is 7.19. The van der Waals surface area contributed by atoms with Gasteiger partial charge in [-0.15, -0.1) is 0 Å². The maximum absolute atomic E-state index is 12.3. The number of hydrogen-bond acceptors (Lipinski definition) is 5. The van der Waals surface area contributed by atoms with Gasteiger partial charge in [0, 0.05) is 6.20 Å². The number of amides is 1. The molecule has 0 saturated carbocycles. The van der Waals surface area contributed by atoms with E-state index in [0.717, 1.165) is 16.3 Å². The second kappa shape index (κ2) is 6.62. The lowest BCUT2D eigenvalue weighted by molar-refractivity contribution is 0.102. The van der Waals surface area contributed by atoms with Crippen LogP contribution in [-0.4, -0.2) is 20.9 Å². The van der Waals surface area contributed by atoms with Gasteiger partial charge < -0.3 is 0 Å². The van der Waals surface area contributed by atoms with Crippen LogP contribution in [0.3, 0.4) is 0 Å². The van der Waals surface area contributed by atoms with Crippen LogP contribution < -0.4 is 5.32 Å². The van der Waals surface area contributed by atoms with Crippen LogP contribution in [-0.2, 0) is 0 Å². The molecule has 1 N–H and O–H groups in total. The highest BCUT2D eigenvalue weighted by Gasteiger charge is 2.17. The van der Waals surface area contributed by atoms with Crippen LogP contribution in [0.5, 0.6) is 0 Å². The Balaban J connectivity index is 1.87. The number of rotatable bonds is 3. The predicted molar refractivity (Wildman–Crippen MR) is 92.3 cm³/mol. The van der Waals surface area contributed by atoms with Gasteiger partial charge in [-0.2, -0.15) is 0 Å². The average Bonchev–Trinajstić information content (AvgIpc) is 2.91. The van der Waals surface area contributed by atoms with Crippen LogP contribution in [0.25, 0.3) is 10.6 Å². The summed E-state index contributed by atoms with van der Waals surface area (Å²) in [4.78, 5) is 25.8. The summed E-state index contributed by atoms with van der Waals surface area (Å²) in [6.45, 7) is 1.86. The molecule has 0 bridgehead atoms. The maximum Gasteiger partial charge on any atom is 0.277 e. The molecule has 1 amide bonds. The third kappa shape index (κ3) is 3.50. The van der Waals surface area contributed by atoms with Crippen molar-refractivity contribution in [1.82, 2.24) is 15.0 Å². The summed E-state index contributed by atoms with van der Waals surface area (Å²) in [6, 6.07) is 8.68. The normalized spacial score (nSPS) is 10.6. The van der Waals surface area contributed by atoms with E-state index >= 15 is 0 Å². The second-order valence-electron chi connectivity index (χ2n) is 4.57. The molecule has 0 fully saturated rings. The molecule has 8 heteroatoms. The Morgan fingerprint density at radius 1 is 1.17 bits per heavy atom. The van der Waals surface area contributed by atoms with Gasteiger partial charge in [-0.25, -0.2) is 9.97 Å². The van der Waals surface area contributed by atoms with E-state index in [2.05, 4.69) is 20.3 Å². The third-order valence-electron chi connectivity index (χ3n) is 2.94. The van der Waals surface area contributed by atoms with Gasteiger partial charge in [-0.1, -0.05) is 40.6 Å². The molecule has 3 rings (SSSR count). The summed E-state index contributed by atoms with van der Waals surface area (Å²) in [5.41, 5.74) is 1.66. The van der Waals surface area contributed by atoms with E-state index < -0.39 is 5.91 Å². The smallest absolute Gasteiger partial charge is 0.277 e. The Labute approximate surface area is 146 Å². The molecule has 0 radical (unpaired) electrons. The molecule has 0 aromatic carbocycles. The van der Waals surface area contributed by atoms with E-state index in [1.807, 2.05) is 25.1 Å². The first-order chi connectivity index (χ1) is 11.0. The number of nitrogens with zero attached hydrogens (tertiary/aromatic N) is 3. The van der Waals surface area contributed by atoms with Gasteiger partial charge in [0.25, 0.3) is 5.91 Å². The zero-order valence-corrected chi connectivity index (χ0v) is 14.2. The Kier molecular flexibility index (Phi) is 4.56. The van der Waals surface area contributed by atoms with Gasteiger partial charge in [0.05, 0.1) is 21.3 Å². The summed E-state index contributed by atoms with van der Waals surface area (Å²) in [7, 11) is 0. The van der Waals surface area contributed by atoms with E-state index in [0.29, 0.717) is 5.13 Å². The van der Waals surface area contributed by atoms with Gasteiger partial charge in [0.1, 0.15) is 10.8 Å². The largest absolute Gasteiger partial charge is 0.296 e. The first-order valence-corrected chi connectivity index (χ1v) is 8.14. The summed E-state index contributed by atoms with van der Waals surface area (Å²) >= 11 is 13.1.